The molecule has 0 heterocycles. The van der Waals surface area contributed by atoms with Crippen molar-refractivity contribution >= 4 is 17.6 Å². The monoisotopic (exact) mass is 260 g/mol. The number of halogens is 2. The van der Waals surface area contributed by atoms with Crippen molar-refractivity contribution in [1.82, 2.24) is 10.6 Å². The average Bonchev–Trinajstić information content (AvgIpc) is 2.31. The lowest BCUT2D eigenvalue weighted by Gasteiger charge is -2.07. The van der Waals surface area contributed by atoms with Crippen molar-refractivity contribution in [3.63, 3.8) is 0 Å². The summed E-state index contributed by atoms with van der Waals surface area (Å²) < 4.78 is 12.8. The number of aliphatic hydroxyl groups is 1. The van der Waals surface area contributed by atoms with E-state index in [2.05, 4.69) is 10.6 Å². The molecule has 17 heavy (non-hydrogen) atoms. The minimum absolute atomic E-state index is 0.0324. The maximum atomic E-state index is 12.8. The zero-order chi connectivity index (χ0) is 12.7. The molecule has 0 saturated heterocycles. The molecule has 1 aromatic carbocycles. The Hall–Kier alpha value is -1.33. The molecule has 0 radical (unpaired) electrons. The fourth-order valence-electron chi connectivity index (χ4n) is 1.18. The number of nitrogens with one attached hydrogen (secondary N) is 2. The third kappa shape index (κ3) is 5.01. The fourth-order valence-corrected chi connectivity index (χ4v) is 1.38. The molecule has 4 nitrogen and oxygen atoms in total. The lowest BCUT2D eigenvalue weighted by atomic mass is 10.2. The Morgan fingerprint density at radius 2 is 2.18 bits per heavy atom. The van der Waals surface area contributed by atoms with E-state index in [4.69, 9.17) is 16.7 Å². The number of amides is 2. The van der Waals surface area contributed by atoms with E-state index in [1.54, 1.807) is 6.07 Å². The van der Waals surface area contributed by atoms with Gasteiger partial charge < -0.3 is 15.7 Å². The highest BCUT2D eigenvalue weighted by Gasteiger charge is 2.03. The highest BCUT2D eigenvalue weighted by molar-refractivity contribution is 6.30. The van der Waals surface area contributed by atoms with E-state index < -0.39 is 5.82 Å². The van der Waals surface area contributed by atoms with Crippen LogP contribution in [0.2, 0.25) is 5.02 Å². The Balaban J connectivity index is 2.34. The lowest BCUT2D eigenvalue weighted by Crippen LogP contribution is -2.35. The number of aliphatic hydroxyl groups excluding tert-OH is 1. The fraction of sp³-hybridized carbons (Fsp3) is 0.364. The normalized spacial score (nSPS) is 10.1. The predicted octanol–water partition coefficient (Wildman–Crippen LogP) is 1.66. The van der Waals surface area contributed by atoms with E-state index in [1.165, 1.54) is 12.1 Å². The molecule has 0 atom stereocenters. The van der Waals surface area contributed by atoms with Crippen molar-refractivity contribution in [3.8, 4) is 0 Å². The van der Waals surface area contributed by atoms with Crippen LogP contribution in [-0.4, -0.2) is 24.3 Å². The first-order valence-electron chi connectivity index (χ1n) is 5.20. The van der Waals surface area contributed by atoms with Crippen molar-refractivity contribution in [2.24, 2.45) is 0 Å². The second kappa shape index (κ2) is 7.09. The van der Waals surface area contributed by atoms with Gasteiger partial charge in [-0.25, -0.2) is 9.18 Å². The van der Waals surface area contributed by atoms with Crippen LogP contribution in [0.25, 0.3) is 0 Å². The van der Waals surface area contributed by atoms with Gasteiger partial charge in [0.05, 0.1) is 5.02 Å². The first-order chi connectivity index (χ1) is 8.13. The molecule has 0 bridgehead atoms. The summed E-state index contributed by atoms with van der Waals surface area (Å²) in [6.45, 7) is 0.714. The molecule has 3 N–H and O–H groups in total. The highest BCUT2D eigenvalue weighted by Crippen LogP contribution is 2.15. The smallest absolute Gasteiger partial charge is 0.315 e. The molecule has 94 valence electrons. The molecule has 0 saturated carbocycles. The van der Waals surface area contributed by atoms with Crippen LogP contribution in [-0.2, 0) is 6.54 Å². The zero-order valence-electron chi connectivity index (χ0n) is 9.17. The molecule has 0 aliphatic carbocycles. The Morgan fingerprint density at radius 1 is 1.41 bits per heavy atom. The van der Waals surface area contributed by atoms with Gasteiger partial charge in [0.15, 0.2) is 0 Å². The Bertz CT molecular complexity index is 388. The predicted molar refractivity (Wildman–Crippen MR) is 63.4 cm³/mol. The van der Waals surface area contributed by atoms with Crippen LogP contribution in [0.4, 0.5) is 9.18 Å². The van der Waals surface area contributed by atoms with E-state index >= 15 is 0 Å². The summed E-state index contributed by atoms with van der Waals surface area (Å²) in [5.74, 6) is -0.484. The molecule has 1 aromatic rings. The van der Waals surface area contributed by atoms with E-state index in [0.29, 0.717) is 18.5 Å². The van der Waals surface area contributed by atoms with Crippen molar-refractivity contribution in [2.75, 3.05) is 13.2 Å². The van der Waals surface area contributed by atoms with Gasteiger partial charge in [0.25, 0.3) is 0 Å². The maximum absolute atomic E-state index is 12.8. The molecule has 1 rings (SSSR count). The molecule has 0 aromatic heterocycles. The number of hydrogen-bond acceptors (Lipinski definition) is 2. The van der Waals surface area contributed by atoms with Crippen LogP contribution in [0.3, 0.4) is 0 Å². The van der Waals surface area contributed by atoms with Gasteiger partial charge >= 0.3 is 6.03 Å². The van der Waals surface area contributed by atoms with Crippen LogP contribution in [0.1, 0.15) is 12.0 Å². The van der Waals surface area contributed by atoms with Crippen molar-refractivity contribution < 1.29 is 14.3 Å². The average molecular weight is 261 g/mol. The number of rotatable bonds is 5. The lowest BCUT2D eigenvalue weighted by molar-refractivity contribution is 0.237. The molecular weight excluding hydrogens is 247 g/mol. The maximum Gasteiger partial charge on any atom is 0.315 e. The Morgan fingerprint density at radius 3 is 2.82 bits per heavy atom. The molecular formula is C11H14ClFN2O2. The Kier molecular flexibility index (Phi) is 5.72. The van der Waals surface area contributed by atoms with Crippen LogP contribution < -0.4 is 10.6 Å². The molecule has 6 heteroatoms. The Labute approximate surface area is 104 Å². The standard InChI is InChI=1S/C11H14ClFN2O2/c12-9-6-8(2-3-10(9)13)7-15-11(17)14-4-1-5-16/h2-3,6,16H,1,4-5,7H2,(H2,14,15,17). The number of carbonyl (C=O) groups is 1. The zero-order valence-corrected chi connectivity index (χ0v) is 9.93. The molecule has 2 amide bonds. The minimum atomic E-state index is -0.484. The van der Waals surface area contributed by atoms with Gasteiger partial charge in [-0.15, -0.1) is 0 Å². The third-order valence-corrected chi connectivity index (χ3v) is 2.35. The van der Waals surface area contributed by atoms with Crippen molar-refractivity contribution in [2.45, 2.75) is 13.0 Å². The van der Waals surface area contributed by atoms with Crippen LogP contribution in [0.15, 0.2) is 18.2 Å². The second-order valence-corrected chi connectivity index (χ2v) is 3.84. The number of hydrogen-bond donors (Lipinski definition) is 3. The summed E-state index contributed by atoms with van der Waals surface area (Å²) in [6.07, 6.45) is 0.510. The van der Waals surface area contributed by atoms with Gasteiger partial charge in [0.2, 0.25) is 0 Å². The summed E-state index contributed by atoms with van der Waals surface area (Å²) in [5.41, 5.74) is 0.716. The summed E-state index contributed by atoms with van der Waals surface area (Å²) in [5, 5.41) is 13.7. The van der Waals surface area contributed by atoms with E-state index in [0.717, 1.165) is 0 Å². The van der Waals surface area contributed by atoms with Gasteiger partial charge in [-0.2, -0.15) is 0 Å². The molecule has 0 spiro atoms. The molecule has 0 aliphatic rings. The molecule has 0 aliphatic heterocycles. The van der Waals surface area contributed by atoms with Gasteiger partial charge in [-0.05, 0) is 24.1 Å². The first-order valence-corrected chi connectivity index (χ1v) is 5.57. The van der Waals surface area contributed by atoms with Crippen LogP contribution in [0.5, 0.6) is 0 Å². The SMILES string of the molecule is O=C(NCCCO)NCc1ccc(F)c(Cl)c1. The summed E-state index contributed by atoms with van der Waals surface area (Å²) >= 11 is 5.60. The van der Waals surface area contributed by atoms with Crippen LogP contribution in [0, 0.1) is 5.82 Å². The summed E-state index contributed by atoms with van der Waals surface area (Å²) in [7, 11) is 0. The van der Waals surface area contributed by atoms with E-state index in [-0.39, 0.29) is 24.2 Å². The quantitative estimate of drug-likeness (QED) is 0.705. The van der Waals surface area contributed by atoms with E-state index in [9.17, 15) is 9.18 Å². The highest BCUT2D eigenvalue weighted by atomic mass is 35.5. The van der Waals surface area contributed by atoms with Gasteiger partial charge in [0.1, 0.15) is 5.82 Å². The molecule has 0 fully saturated rings. The van der Waals surface area contributed by atoms with Crippen LogP contribution >= 0.6 is 11.6 Å². The van der Waals surface area contributed by atoms with E-state index in [1.807, 2.05) is 0 Å². The molecule has 0 unspecified atom stereocenters. The van der Waals surface area contributed by atoms with Gasteiger partial charge in [0, 0.05) is 19.7 Å². The number of carbonyl (C=O) groups excluding carboxylic acids is 1. The largest absolute Gasteiger partial charge is 0.396 e. The summed E-state index contributed by atoms with van der Waals surface area (Å²) in [4.78, 5) is 11.2. The second-order valence-electron chi connectivity index (χ2n) is 3.44. The minimum Gasteiger partial charge on any atom is -0.396 e. The van der Waals surface area contributed by atoms with Crippen molar-refractivity contribution in [1.29, 1.82) is 0 Å². The van der Waals surface area contributed by atoms with Gasteiger partial charge in [-0.3, -0.25) is 0 Å². The number of urea groups is 1. The first kappa shape index (κ1) is 13.7. The third-order valence-electron chi connectivity index (χ3n) is 2.06. The number of benzene rings is 1. The van der Waals surface area contributed by atoms with Crippen molar-refractivity contribution in [3.05, 3.63) is 34.6 Å². The topological polar surface area (TPSA) is 61.4 Å². The summed E-state index contributed by atoms with van der Waals surface area (Å²) in [6, 6.07) is 3.93. The van der Waals surface area contributed by atoms with Gasteiger partial charge in [-0.1, -0.05) is 17.7 Å².